The maximum Gasteiger partial charge on any atom is 0.305 e. The van der Waals surface area contributed by atoms with Crippen molar-refractivity contribution in [3.8, 4) is 0 Å². The van der Waals surface area contributed by atoms with Gasteiger partial charge in [0.05, 0.1) is 12.5 Å². The van der Waals surface area contributed by atoms with Crippen LogP contribution in [0.15, 0.2) is 0 Å². The lowest BCUT2D eigenvalue weighted by molar-refractivity contribution is -0.149. The second-order valence-corrected chi connectivity index (χ2v) is 5.69. The van der Waals surface area contributed by atoms with Crippen LogP contribution in [0.5, 0.6) is 0 Å². The number of rotatable bonds is 4. The highest BCUT2D eigenvalue weighted by atomic mass is 16.4. The summed E-state index contributed by atoms with van der Waals surface area (Å²) in [5.74, 6) is -0.667. The standard InChI is InChI=1S/C12H22N2O3/c1-8(2)6-14-11(17)9(5-10(15)16)13-7-12(14,3)4/h8-9,13H,5-7H2,1-4H3,(H,15,16). The van der Waals surface area contributed by atoms with E-state index >= 15 is 0 Å². The highest BCUT2D eigenvalue weighted by Crippen LogP contribution is 2.22. The first-order valence-corrected chi connectivity index (χ1v) is 6.00. The molecular weight excluding hydrogens is 220 g/mol. The first-order chi connectivity index (χ1) is 7.74. The second-order valence-electron chi connectivity index (χ2n) is 5.69. The molecule has 17 heavy (non-hydrogen) atoms. The third-order valence-electron chi connectivity index (χ3n) is 3.00. The number of carbonyl (C=O) groups is 2. The molecule has 0 bridgehead atoms. The van der Waals surface area contributed by atoms with Gasteiger partial charge in [-0.1, -0.05) is 13.8 Å². The van der Waals surface area contributed by atoms with Crippen molar-refractivity contribution in [3.63, 3.8) is 0 Å². The SMILES string of the molecule is CC(C)CN1C(=O)C(CC(=O)O)NCC1(C)C. The normalized spacial score (nSPS) is 24.2. The molecule has 1 amide bonds. The van der Waals surface area contributed by atoms with Crippen LogP contribution >= 0.6 is 0 Å². The number of carboxylic acids is 1. The largest absolute Gasteiger partial charge is 0.481 e. The monoisotopic (exact) mass is 242 g/mol. The lowest BCUT2D eigenvalue weighted by Gasteiger charge is -2.46. The van der Waals surface area contributed by atoms with E-state index in [1.165, 1.54) is 0 Å². The molecular formula is C12H22N2O3. The number of hydrogen-bond donors (Lipinski definition) is 2. The van der Waals surface area contributed by atoms with Crippen LogP contribution in [0.2, 0.25) is 0 Å². The van der Waals surface area contributed by atoms with Gasteiger partial charge < -0.3 is 15.3 Å². The number of hydrogen-bond acceptors (Lipinski definition) is 3. The molecule has 1 aliphatic rings. The predicted molar refractivity (Wildman–Crippen MR) is 64.7 cm³/mol. The summed E-state index contributed by atoms with van der Waals surface area (Å²) in [6.07, 6.45) is -0.149. The summed E-state index contributed by atoms with van der Waals surface area (Å²) in [4.78, 5) is 24.7. The molecule has 0 aromatic rings. The van der Waals surface area contributed by atoms with E-state index in [9.17, 15) is 9.59 Å². The molecule has 0 aromatic carbocycles. The molecule has 1 atom stereocenters. The second kappa shape index (κ2) is 5.04. The summed E-state index contributed by atoms with van der Waals surface area (Å²) in [5.41, 5.74) is -0.254. The summed E-state index contributed by atoms with van der Waals surface area (Å²) in [7, 11) is 0. The van der Waals surface area contributed by atoms with Crippen LogP contribution in [0.4, 0.5) is 0 Å². The minimum Gasteiger partial charge on any atom is -0.481 e. The van der Waals surface area contributed by atoms with E-state index in [-0.39, 0.29) is 17.9 Å². The van der Waals surface area contributed by atoms with Crippen LogP contribution in [-0.4, -0.2) is 46.6 Å². The first kappa shape index (κ1) is 14.0. The number of nitrogens with zero attached hydrogens (tertiary/aromatic N) is 1. The van der Waals surface area contributed by atoms with Crippen molar-refractivity contribution in [2.45, 2.75) is 45.7 Å². The van der Waals surface area contributed by atoms with Gasteiger partial charge >= 0.3 is 5.97 Å². The third-order valence-corrected chi connectivity index (χ3v) is 3.00. The van der Waals surface area contributed by atoms with E-state index in [0.717, 1.165) is 0 Å². The molecule has 2 N–H and O–H groups in total. The third kappa shape index (κ3) is 3.43. The Bertz CT molecular complexity index is 313. The quantitative estimate of drug-likeness (QED) is 0.761. The van der Waals surface area contributed by atoms with Crippen LogP contribution in [0.25, 0.3) is 0 Å². The first-order valence-electron chi connectivity index (χ1n) is 6.00. The van der Waals surface area contributed by atoms with E-state index in [4.69, 9.17) is 5.11 Å². The van der Waals surface area contributed by atoms with Crippen LogP contribution in [0.3, 0.4) is 0 Å². The van der Waals surface area contributed by atoms with Gasteiger partial charge in [-0.05, 0) is 19.8 Å². The van der Waals surface area contributed by atoms with Crippen LogP contribution in [0.1, 0.15) is 34.1 Å². The molecule has 1 rings (SSSR count). The fraction of sp³-hybridized carbons (Fsp3) is 0.833. The zero-order chi connectivity index (χ0) is 13.2. The Morgan fingerprint density at radius 3 is 2.65 bits per heavy atom. The van der Waals surface area contributed by atoms with Gasteiger partial charge in [-0.3, -0.25) is 9.59 Å². The number of aliphatic carboxylic acids is 1. The van der Waals surface area contributed by atoms with Crippen LogP contribution in [-0.2, 0) is 9.59 Å². The molecule has 0 radical (unpaired) electrons. The fourth-order valence-corrected chi connectivity index (χ4v) is 2.08. The van der Waals surface area contributed by atoms with Gasteiger partial charge in [-0.2, -0.15) is 0 Å². The molecule has 98 valence electrons. The minimum absolute atomic E-state index is 0.0997. The van der Waals surface area contributed by atoms with Gasteiger partial charge in [0.2, 0.25) is 5.91 Å². The van der Waals surface area contributed by atoms with Gasteiger partial charge in [-0.15, -0.1) is 0 Å². The van der Waals surface area contributed by atoms with E-state index < -0.39 is 12.0 Å². The lowest BCUT2D eigenvalue weighted by Crippen LogP contribution is -2.66. The number of amides is 1. The molecule has 1 saturated heterocycles. The maximum atomic E-state index is 12.2. The molecule has 5 heteroatoms. The molecule has 1 heterocycles. The van der Waals surface area contributed by atoms with E-state index in [1.54, 1.807) is 0 Å². The number of nitrogens with one attached hydrogen (secondary N) is 1. The average molecular weight is 242 g/mol. The Hall–Kier alpha value is -1.10. The summed E-state index contributed by atoms with van der Waals surface area (Å²) in [5, 5.41) is 11.8. The van der Waals surface area contributed by atoms with Crippen molar-refractivity contribution in [3.05, 3.63) is 0 Å². The van der Waals surface area contributed by atoms with Gasteiger partial charge in [0, 0.05) is 18.6 Å². The molecule has 0 aromatic heterocycles. The Balaban J connectivity index is 2.80. The molecule has 1 aliphatic heterocycles. The zero-order valence-electron chi connectivity index (χ0n) is 11.0. The van der Waals surface area contributed by atoms with Crippen molar-refractivity contribution < 1.29 is 14.7 Å². The lowest BCUT2D eigenvalue weighted by atomic mass is 9.94. The summed E-state index contributed by atoms with van der Waals surface area (Å²) < 4.78 is 0. The summed E-state index contributed by atoms with van der Waals surface area (Å²) in [6.45, 7) is 9.40. The van der Waals surface area contributed by atoms with Crippen molar-refractivity contribution in [2.24, 2.45) is 5.92 Å². The topological polar surface area (TPSA) is 69.6 Å². The molecule has 0 aliphatic carbocycles. The van der Waals surface area contributed by atoms with E-state index in [1.807, 2.05) is 18.7 Å². The molecule has 0 spiro atoms. The van der Waals surface area contributed by atoms with Gasteiger partial charge in [0.1, 0.15) is 0 Å². The minimum atomic E-state index is -0.944. The number of carboxylic acid groups (broad SMARTS) is 1. The van der Waals surface area contributed by atoms with E-state index in [2.05, 4.69) is 19.2 Å². The van der Waals surface area contributed by atoms with E-state index in [0.29, 0.717) is 19.0 Å². The molecule has 1 fully saturated rings. The Morgan fingerprint density at radius 1 is 1.59 bits per heavy atom. The number of carbonyl (C=O) groups excluding carboxylic acids is 1. The smallest absolute Gasteiger partial charge is 0.305 e. The van der Waals surface area contributed by atoms with Crippen molar-refractivity contribution >= 4 is 11.9 Å². The highest BCUT2D eigenvalue weighted by Gasteiger charge is 2.40. The van der Waals surface area contributed by atoms with Crippen LogP contribution < -0.4 is 5.32 Å². The average Bonchev–Trinajstić information content (AvgIpc) is 2.17. The van der Waals surface area contributed by atoms with Crippen molar-refractivity contribution in [1.29, 1.82) is 0 Å². The van der Waals surface area contributed by atoms with Gasteiger partial charge in [-0.25, -0.2) is 0 Å². The van der Waals surface area contributed by atoms with Gasteiger partial charge in [0.25, 0.3) is 0 Å². The zero-order valence-corrected chi connectivity index (χ0v) is 11.0. The van der Waals surface area contributed by atoms with Crippen LogP contribution in [0, 0.1) is 5.92 Å². The Morgan fingerprint density at radius 2 is 2.18 bits per heavy atom. The fourth-order valence-electron chi connectivity index (χ4n) is 2.08. The summed E-state index contributed by atoms with van der Waals surface area (Å²) in [6, 6.07) is -0.584. The van der Waals surface area contributed by atoms with Crippen molar-refractivity contribution in [2.75, 3.05) is 13.1 Å². The Kier molecular flexibility index (Phi) is 4.14. The van der Waals surface area contributed by atoms with Gasteiger partial charge in [0.15, 0.2) is 0 Å². The number of piperazine rings is 1. The Labute approximate surface area is 102 Å². The molecule has 5 nitrogen and oxygen atoms in total. The highest BCUT2D eigenvalue weighted by molar-refractivity contribution is 5.87. The molecule has 0 saturated carbocycles. The molecule has 1 unspecified atom stereocenters. The maximum absolute atomic E-state index is 12.2. The van der Waals surface area contributed by atoms with Crippen molar-refractivity contribution in [1.82, 2.24) is 10.2 Å². The predicted octanol–water partition coefficient (Wildman–Crippen LogP) is 0.696. The summed E-state index contributed by atoms with van der Waals surface area (Å²) >= 11 is 0.